The van der Waals surface area contributed by atoms with Crippen molar-refractivity contribution < 1.29 is 41.8 Å². The lowest BCUT2D eigenvalue weighted by Crippen LogP contribution is -2.22. The second-order valence-corrected chi connectivity index (χ2v) is 15.7. The first-order valence-corrected chi connectivity index (χ1v) is 22.0. The van der Waals surface area contributed by atoms with Gasteiger partial charge in [-0.05, 0) is 85.6 Å². The van der Waals surface area contributed by atoms with E-state index in [2.05, 4.69) is 30.9 Å². The van der Waals surface area contributed by atoms with Crippen LogP contribution >= 0.6 is 11.6 Å². The van der Waals surface area contributed by atoms with Crippen LogP contribution in [0.4, 0.5) is 30.2 Å². The van der Waals surface area contributed by atoms with Crippen LogP contribution in [0.3, 0.4) is 0 Å². The highest BCUT2D eigenvalue weighted by Crippen LogP contribution is 2.35. The summed E-state index contributed by atoms with van der Waals surface area (Å²) in [5, 5.41) is 11.1. The molecule has 0 unspecified atom stereocenters. The van der Waals surface area contributed by atoms with E-state index in [4.69, 9.17) is 25.8 Å². The number of hydrogen-bond acceptors (Lipinski definition) is 9. The Balaban J connectivity index is 0.000000155. The molecule has 3 amide bonds. The maximum atomic E-state index is 12.9. The predicted octanol–water partition coefficient (Wildman–Crippen LogP) is 12.0. The number of aromatic nitrogens is 3. The van der Waals surface area contributed by atoms with Crippen LogP contribution in [0.25, 0.3) is 32.7 Å². The summed E-state index contributed by atoms with van der Waals surface area (Å²) in [4.78, 5) is 48.9. The number of nitrogens with one attached hydrogen (secondary N) is 3. The maximum absolute atomic E-state index is 12.9. The van der Waals surface area contributed by atoms with Gasteiger partial charge in [0.2, 0.25) is 0 Å². The van der Waals surface area contributed by atoms with Crippen molar-refractivity contribution in [3.8, 4) is 17.2 Å². The highest BCUT2D eigenvalue weighted by Gasteiger charge is 2.33. The van der Waals surface area contributed by atoms with Crippen LogP contribution in [-0.2, 0) is 20.6 Å². The van der Waals surface area contributed by atoms with E-state index < -0.39 is 24.3 Å². The second-order valence-electron chi connectivity index (χ2n) is 15.3. The largest absolute Gasteiger partial charge is 0.481 e. The van der Waals surface area contributed by atoms with Gasteiger partial charge in [0.15, 0.2) is 19.8 Å². The minimum atomic E-state index is -4.55. The molecular weight excluding hydrogens is 921 g/mol. The summed E-state index contributed by atoms with van der Waals surface area (Å²) in [6, 6.07) is 45.5. The first-order valence-electron chi connectivity index (χ1n) is 21.6. The summed E-state index contributed by atoms with van der Waals surface area (Å²) in [5.74, 6) is 0.422. The number of benzene rings is 6. The van der Waals surface area contributed by atoms with E-state index in [1.165, 1.54) is 18.2 Å². The number of pyridine rings is 3. The molecule has 6 aromatic carbocycles. The third kappa shape index (κ3) is 13.3. The third-order valence-corrected chi connectivity index (χ3v) is 10.6. The standard InChI is InChI=1S/C19H18N2O2.C18H13F3N2O2.C17H13ClN2O2/c1-13-6-3-7-14(2)18(13)21-17(22)12-23-16-10-4-8-15-9-5-11-20-19(15)16;19-18(20,21)13-7-1-2-8-14(13)23-16(24)11-25-15-9-3-5-12-6-4-10-22-17(12)15;18-13-7-1-2-8-14(13)20-16(21)11-22-15-9-3-5-12-6-4-10-19-17(12)15/h3-11H,12H2,1-2H3,(H,21,22);1-10H,11H2,(H,23,24);1-10H,11H2,(H,20,21). The Morgan fingerprint density at radius 2 is 0.843 bits per heavy atom. The van der Waals surface area contributed by atoms with Crippen LogP contribution in [0.15, 0.2) is 176 Å². The lowest BCUT2D eigenvalue weighted by Gasteiger charge is -2.14. The van der Waals surface area contributed by atoms with Crippen LogP contribution in [0, 0.1) is 13.8 Å². The van der Waals surface area contributed by atoms with Crippen molar-refractivity contribution >= 4 is 79.1 Å². The number of ether oxygens (including phenoxy) is 3. The topological polar surface area (TPSA) is 154 Å². The fourth-order valence-corrected chi connectivity index (χ4v) is 7.15. The lowest BCUT2D eigenvalue weighted by atomic mass is 10.1. The molecule has 0 fully saturated rings. The van der Waals surface area contributed by atoms with Gasteiger partial charge >= 0.3 is 6.18 Å². The van der Waals surface area contributed by atoms with E-state index >= 15 is 0 Å². The van der Waals surface area contributed by atoms with Gasteiger partial charge in [-0.15, -0.1) is 0 Å². The number of carbonyl (C=O) groups excluding carboxylic acids is 3. The summed E-state index contributed by atoms with van der Waals surface area (Å²) in [6.07, 6.45) is 0.448. The maximum Gasteiger partial charge on any atom is 0.418 e. The van der Waals surface area contributed by atoms with E-state index in [9.17, 15) is 27.6 Å². The van der Waals surface area contributed by atoms with Crippen molar-refractivity contribution in [3.63, 3.8) is 0 Å². The molecule has 0 atom stereocenters. The molecule has 0 spiro atoms. The first kappa shape index (κ1) is 49.3. The lowest BCUT2D eigenvalue weighted by molar-refractivity contribution is -0.137. The molecule has 9 aromatic rings. The Morgan fingerprint density at radius 3 is 1.29 bits per heavy atom. The monoisotopic (exact) mass is 964 g/mol. The molecule has 70 heavy (non-hydrogen) atoms. The summed E-state index contributed by atoms with van der Waals surface area (Å²) in [6.45, 7) is 3.35. The molecule has 16 heteroatoms. The zero-order valence-corrected chi connectivity index (χ0v) is 38.4. The Hall–Kier alpha value is -8.56. The molecule has 3 aromatic heterocycles. The number of halogens is 4. The van der Waals surface area contributed by atoms with Gasteiger partial charge in [-0.2, -0.15) is 13.2 Å². The molecule has 354 valence electrons. The summed E-state index contributed by atoms with van der Waals surface area (Å²) in [5.41, 5.74) is 4.33. The molecule has 3 N–H and O–H groups in total. The van der Waals surface area contributed by atoms with Crippen LogP contribution < -0.4 is 30.2 Å². The fourth-order valence-electron chi connectivity index (χ4n) is 6.97. The average Bonchev–Trinajstić information content (AvgIpc) is 3.36. The minimum absolute atomic E-state index is 0.0521. The predicted molar refractivity (Wildman–Crippen MR) is 266 cm³/mol. The van der Waals surface area contributed by atoms with Gasteiger partial charge in [-0.3, -0.25) is 29.3 Å². The van der Waals surface area contributed by atoms with Crippen molar-refractivity contribution in [2.24, 2.45) is 0 Å². The second kappa shape index (κ2) is 23.4. The van der Waals surface area contributed by atoms with Gasteiger partial charge in [0, 0.05) is 40.4 Å². The number of hydrogen-bond donors (Lipinski definition) is 3. The Kier molecular flexibility index (Phi) is 16.5. The molecule has 9 rings (SSSR count). The minimum Gasteiger partial charge on any atom is -0.481 e. The zero-order valence-electron chi connectivity index (χ0n) is 37.7. The number of amides is 3. The number of aryl methyl sites for hydroxylation is 2. The molecule has 0 saturated heterocycles. The van der Waals surface area contributed by atoms with E-state index in [0.717, 1.165) is 50.1 Å². The highest BCUT2D eigenvalue weighted by atomic mass is 35.5. The van der Waals surface area contributed by atoms with Crippen molar-refractivity contribution in [1.29, 1.82) is 0 Å². The van der Waals surface area contributed by atoms with Crippen LogP contribution in [0.5, 0.6) is 17.2 Å². The average molecular weight is 965 g/mol. The summed E-state index contributed by atoms with van der Waals surface area (Å²) >= 11 is 6.00. The number of fused-ring (bicyclic) bond motifs is 3. The molecule has 0 aliphatic rings. The molecular formula is C54H44ClF3N6O6. The van der Waals surface area contributed by atoms with E-state index in [1.54, 1.807) is 67.1 Å². The number of carbonyl (C=O) groups is 3. The van der Waals surface area contributed by atoms with Gasteiger partial charge in [0.05, 0.1) is 22.0 Å². The van der Waals surface area contributed by atoms with E-state index in [-0.39, 0.29) is 30.7 Å². The van der Waals surface area contributed by atoms with Gasteiger partial charge in [-0.1, -0.05) is 109 Å². The van der Waals surface area contributed by atoms with Crippen molar-refractivity contribution in [2.75, 3.05) is 35.8 Å². The highest BCUT2D eigenvalue weighted by molar-refractivity contribution is 6.33. The first-order chi connectivity index (χ1) is 33.8. The van der Waals surface area contributed by atoms with Crippen LogP contribution in [-0.4, -0.2) is 52.5 Å². The third-order valence-electron chi connectivity index (χ3n) is 10.3. The number of anilines is 3. The molecule has 12 nitrogen and oxygen atoms in total. The summed E-state index contributed by atoms with van der Waals surface area (Å²) in [7, 11) is 0. The number of para-hydroxylation sites is 6. The van der Waals surface area contributed by atoms with Crippen LogP contribution in [0.2, 0.25) is 5.02 Å². The molecule has 0 aliphatic heterocycles. The molecule has 0 aliphatic carbocycles. The number of nitrogens with zero attached hydrogens (tertiary/aromatic N) is 3. The van der Waals surface area contributed by atoms with Crippen molar-refractivity contribution in [3.05, 3.63) is 198 Å². The zero-order chi connectivity index (χ0) is 49.5. The normalized spacial score (nSPS) is 10.8. The van der Waals surface area contributed by atoms with Gasteiger partial charge < -0.3 is 30.2 Å². The molecule has 0 radical (unpaired) electrons. The van der Waals surface area contributed by atoms with E-state index in [0.29, 0.717) is 33.5 Å². The number of alkyl halides is 3. The molecule has 0 saturated carbocycles. The van der Waals surface area contributed by atoms with Crippen molar-refractivity contribution in [2.45, 2.75) is 20.0 Å². The SMILES string of the molecule is Cc1cccc(C)c1NC(=O)COc1cccc2cccnc12.O=C(COc1cccc2cccnc12)Nc1ccccc1C(F)(F)F.O=C(COc1cccc2cccnc12)Nc1ccccc1Cl. The summed E-state index contributed by atoms with van der Waals surface area (Å²) < 4.78 is 55.5. The van der Waals surface area contributed by atoms with Gasteiger partial charge in [0.1, 0.15) is 33.8 Å². The Morgan fingerprint density at radius 1 is 0.471 bits per heavy atom. The Bertz CT molecular complexity index is 3250. The number of rotatable bonds is 12. The molecule has 3 heterocycles. The molecule has 0 bridgehead atoms. The van der Waals surface area contributed by atoms with E-state index in [1.807, 2.05) is 98.8 Å². The van der Waals surface area contributed by atoms with Crippen LogP contribution in [0.1, 0.15) is 16.7 Å². The Labute approximate surface area is 405 Å². The quantitative estimate of drug-likeness (QED) is 0.109. The fraction of sp³-hybridized carbons (Fsp3) is 0.111. The van der Waals surface area contributed by atoms with Gasteiger partial charge in [-0.25, -0.2) is 0 Å². The van der Waals surface area contributed by atoms with Crippen molar-refractivity contribution in [1.82, 2.24) is 15.0 Å². The van der Waals surface area contributed by atoms with Gasteiger partial charge in [0.25, 0.3) is 17.7 Å². The smallest absolute Gasteiger partial charge is 0.418 e.